The summed E-state index contributed by atoms with van der Waals surface area (Å²) in [6, 6.07) is 4.43. The summed E-state index contributed by atoms with van der Waals surface area (Å²) in [5.41, 5.74) is 3.98. The molecule has 1 aromatic carbocycles. The molecule has 2 N–H and O–H groups in total. The van der Waals surface area contributed by atoms with Gasteiger partial charge in [0, 0.05) is 42.7 Å². The van der Waals surface area contributed by atoms with Gasteiger partial charge >= 0.3 is 0 Å². The molecule has 0 fully saturated rings. The van der Waals surface area contributed by atoms with E-state index in [-0.39, 0.29) is 5.91 Å². The van der Waals surface area contributed by atoms with Gasteiger partial charge < -0.3 is 19.7 Å². The molecule has 3 rings (SSSR count). The monoisotopic (exact) mass is 330 g/mol. The third-order valence-electron chi connectivity index (χ3n) is 4.87. The number of furan rings is 1. The van der Waals surface area contributed by atoms with Gasteiger partial charge in [0.05, 0.1) is 12.4 Å². The molecule has 1 aliphatic rings. The number of carbonyl (C=O) groups is 1. The highest BCUT2D eigenvalue weighted by Gasteiger charge is 2.28. The number of nitrogens with one attached hydrogen (secondary N) is 1. The molecule has 1 atom stereocenters. The second-order valence-corrected chi connectivity index (χ2v) is 6.75. The van der Waals surface area contributed by atoms with Crippen molar-refractivity contribution in [3.05, 3.63) is 29.5 Å². The van der Waals surface area contributed by atoms with Gasteiger partial charge in [0.15, 0.2) is 0 Å². The minimum atomic E-state index is -0.464. The lowest BCUT2D eigenvalue weighted by atomic mass is 9.92. The minimum Gasteiger partial charge on any atom is -0.464 e. The lowest BCUT2D eigenvalue weighted by molar-refractivity contribution is -0.120. The topological polar surface area (TPSA) is 65.7 Å². The van der Waals surface area contributed by atoms with E-state index in [4.69, 9.17) is 4.42 Å². The van der Waals surface area contributed by atoms with Crippen molar-refractivity contribution >= 4 is 22.6 Å². The Labute approximate surface area is 142 Å². The van der Waals surface area contributed by atoms with Gasteiger partial charge in [-0.05, 0) is 50.8 Å². The van der Waals surface area contributed by atoms with E-state index >= 15 is 0 Å². The summed E-state index contributed by atoms with van der Waals surface area (Å²) in [5.74, 6) is 0.0517. The zero-order valence-electron chi connectivity index (χ0n) is 14.6. The number of aliphatic hydroxyl groups is 1. The second-order valence-electron chi connectivity index (χ2n) is 6.75. The molecule has 24 heavy (non-hydrogen) atoms. The first-order valence-electron chi connectivity index (χ1n) is 8.71. The Kier molecular flexibility index (Phi) is 4.81. The molecular weight excluding hydrogens is 304 g/mol. The zero-order chi connectivity index (χ0) is 17.3. The summed E-state index contributed by atoms with van der Waals surface area (Å²) in [4.78, 5) is 13.8. The molecule has 0 bridgehead atoms. The fraction of sp³-hybridized carbons (Fsp3) is 0.526. The highest BCUT2D eigenvalue weighted by Crippen LogP contribution is 2.42. The van der Waals surface area contributed by atoms with Gasteiger partial charge in [-0.1, -0.05) is 0 Å². The van der Waals surface area contributed by atoms with Crippen LogP contribution in [0.25, 0.3) is 11.0 Å². The van der Waals surface area contributed by atoms with E-state index in [9.17, 15) is 9.90 Å². The van der Waals surface area contributed by atoms with Crippen molar-refractivity contribution in [2.75, 3.05) is 18.5 Å². The minimum absolute atomic E-state index is 0.0517. The van der Waals surface area contributed by atoms with Crippen LogP contribution in [0, 0.1) is 0 Å². The predicted molar refractivity (Wildman–Crippen MR) is 95.3 cm³/mol. The maximum Gasteiger partial charge on any atom is 0.219 e. The van der Waals surface area contributed by atoms with E-state index in [1.165, 1.54) is 0 Å². The zero-order valence-corrected chi connectivity index (χ0v) is 14.6. The van der Waals surface area contributed by atoms with E-state index in [2.05, 4.69) is 30.1 Å². The number of aryl methyl sites for hydroxylation is 1. The molecule has 5 heteroatoms. The van der Waals surface area contributed by atoms with E-state index in [0.29, 0.717) is 12.5 Å². The molecule has 0 saturated carbocycles. The predicted octanol–water partition coefficient (Wildman–Crippen LogP) is 3.15. The molecule has 0 saturated heterocycles. The smallest absolute Gasteiger partial charge is 0.219 e. The Morgan fingerprint density at radius 1 is 1.46 bits per heavy atom. The maximum atomic E-state index is 11.4. The average molecular weight is 330 g/mol. The Bertz CT molecular complexity index is 736. The van der Waals surface area contributed by atoms with Crippen LogP contribution in [0.2, 0.25) is 0 Å². The van der Waals surface area contributed by atoms with Crippen LogP contribution in [0.4, 0.5) is 5.69 Å². The summed E-state index contributed by atoms with van der Waals surface area (Å²) < 4.78 is 5.71. The van der Waals surface area contributed by atoms with Gasteiger partial charge in [-0.3, -0.25) is 4.79 Å². The van der Waals surface area contributed by atoms with Crippen LogP contribution < -0.4 is 10.2 Å². The Morgan fingerprint density at radius 2 is 2.25 bits per heavy atom. The lowest BCUT2D eigenvalue weighted by Crippen LogP contribution is -2.36. The number of hydrogen-bond acceptors (Lipinski definition) is 4. The molecule has 1 amide bonds. The lowest BCUT2D eigenvalue weighted by Gasteiger charge is -2.37. The van der Waals surface area contributed by atoms with Gasteiger partial charge in [0.1, 0.15) is 5.58 Å². The second kappa shape index (κ2) is 6.85. The molecule has 1 aromatic heterocycles. The van der Waals surface area contributed by atoms with Crippen LogP contribution in [-0.2, 0) is 11.2 Å². The van der Waals surface area contributed by atoms with Gasteiger partial charge in [-0.25, -0.2) is 0 Å². The molecule has 2 aromatic rings. The molecule has 0 radical (unpaired) electrons. The van der Waals surface area contributed by atoms with Crippen LogP contribution >= 0.6 is 0 Å². The van der Waals surface area contributed by atoms with Gasteiger partial charge in [0.25, 0.3) is 0 Å². The van der Waals surface area contributed by atoms with Crippen LogP contribution in [0.15, 0.2) is 22.8 Å². The molecule has 0 spiro atoms. The summed E-state index contributed by atoms with van der Waals surface area (Å²) in [6.45, 7) is 5.21. The largest absolute Gasteiger partial charge is 0.464 e. The highest BCUT2D eigenvalue weighted by molar-refractivity contribution is 5.90. The standard InChI is InChI=1S/C19H26N2O3/c1-12(2)21-10-9-15(22)19-14(21)7-8-16-18(19)13(11-24-16)5-4-6-17(23)20-3/h7-8,11-12,15,22H,4-6,9-10H2,1-3H3,(H,20,23). The first kappa shape index (κ1) is 16.8. The average Bonchev–Trinajstić information content (AvgIpc) is 2.97. The Hall–Kier alpha value is -2.01. The van der Waals surface area contributed by atoms with Crippen molar-refractivity contribution in [1.29, 1.82) is 0 Å². The quantitative estimate of drug-likeness (QED) is 0.884. The highest BCUT2D eigenvalue weighted by atomic mass is 16.3. The Morgan fingerprint density at radius 3 is 2.96 bits per heavy atom. The van der Waals surface area contributed by atoms with Gasteiger partial charge in [-0.2, -0.15) is 0 Å². The van der Waals surface area contributed by atoms with Crippen molar-refractivity contribution in [2.24, 2.45) is 0 Å². The van der Waals surface area contributed by atoms with Crippen molar-refractivity contribution in [2.45, 2.75) is 51.7 Å². The van der Waals surface area contributed by atoms with Gasteiger partial charge in [0.2, 0.25) is 5.91 Å². The SMILES string of the molecule is CNC(=O)CCCc1coc2ccc3c(c12)C(O)CCN3C(C)C. The number of anilines is 1. The van der Waals surface area contributed by atoms with Crippen LogP contribution in [-0.4, -0.2) is 30.6 Å². The number of benzene rings is 1. The third kappa shape index (κ3) is 3.00. The molecular formula is C19H26N2O3. The first-order chi connectivity index (χ1) is 11.5. The van der Waals surface area contributed by atoms with Crippen molar-refractivity contribution < 1.29 is 14.3 Å². The maximum absolute atomic E-state index is 11.4. The third-order valence-corrected chi connectivity index (χ3v) is 4.87. The number of rotatable bonds is 5. The first-order valence-corrected chi connectivity index (χ1v) is 8.71. The number of hydrogen-bond donors (Lipinski definition) is 2. The van der Waals surface area contributed by atoms with E-state index in [1.54, 1.807) is 13.3 Å². The van der Waals surface area contributed by atoms with Crippen molar-refractivity contribution in [3.8, 4) is 0 Å². The van der Waals surface area contributed by atoms with Crippen molar-refractivity contribution in [1.82, 2.24) is 5.32 Å². The van der Waals surface area contributed by atoms with E-state index in [1.807, 2.05) is 6.07 Å². The van der Waals surface area contributed by atoms with E-state index < -0.39 is 6.10 Å². The number of fused-ring (bicyclic) bond motifs is 3. The number of aliphatic hydroxyl groups excluding tert-OH is 1. The molecule has 1 unspecified atom stereocenters. The van der Waals surface area contributed by atoms with Crippen LogP contribution in [0.1, 0.15) is 50.3 Å². The molecule has 130 valence electrons. The van der Waals surface area contributed by atoms with Crippen LogP contribution in [0.3, 0.4) is 0 Å². The summed E-state index contributed by atoms with van der Waals surface area (Å²) >= 11 is 0. The number of nitrogens with zero attached hydrogens (tertiary/aromatic N) is 1. The fourth-order valence-corrected chi connectivity index (χ4v) is 3.61. The number of amides is 1. The molecule has 0 aliphatic carbocycles. The van der Waals surface area contributed by atoms with Crippen LogP contribution in [0.5, 0.6) is 0 Å². The molecule has 2 heterocycles. The van der Waals surface area contributed by atoms with Crippen molar-refractivity contribution in [3.63, 3.8) is 0 Å². The summed E-state index contributed by atoms with van der Waals surface area (Å²) in [7, 11) is 1.66. The summed E-state index contributed by atoms with van der Waals surface area (Å²) in [5, 5.41) is 14.3. The molecule has 5 nitrogen and oxygen atoms in total. The fourth-order valence-electron chi connectivity index (χ4n) is 3.61. The Balaban J connectivity index is 1.98. The summed E-state index contributed by atoms with van der Waals surface area (Å²) in [6.07, 6.45) is 4.07. The van der Waals surface area contributed by atoms with Gasteiger partial charge in [-0.15, -0.1) is 0 Å². The van der Waals surface area contributed by atoms with E-state index in [0.717, 1.165) is 53.6 Å². The number of carbonyl (C=O) groups excluding carboxylic acids is 1. The normalized spacial score (nSPS) is 17.4. The molecule has 1 aliphatic heterocycles.